The van der Waals surface area contributed by atoms with E-state index in [0.717, 1.165) is 25.2 Å². The molecule has 2 heterocycles. The number of aromatic nitrogens is 1. The van der Waals surface area contributed by atoms with Crippen molar-refractivity contribution < 1.29 is 22.4 Å². The zero-order valence-electron chi connectivity index (χ0n) is 12.1. The molecule has 2 N–H and O–H groups in total. The van der Waals surface area contributed by atoms with E-state index in [-0.39, 0.29) is 30.6 Å². The van der Waals surface area contributed by atoms with Gasteiger partial charge in [-0.1, -0.05) is 0 Å². The number of nitroso groups, excluding NO2 is 1. The van der Waals surface area contributed by atoms with Gasteiger partial charge in [-0.05, 0) is 42.6 Å². The summed E-state index contributed by atoms with van der Waals surface area (Å²) < 4.78 is 0. The lowest BCUT2D eigenvalue weighted by Gasteiger charge is -2.24. The third kappa shape index (κ3) is 3.66. The molecular formula is C15H19Cl2N3O2. The molecule has 1 aliphatic heterocycles. The molecule has 0 atom stereocenters. The molecule has 7 heteroatoms. The minimum absolute atomic E-state index is 0. The Hall–Kier alpha value is -1.43. The van der Waals surface area contributed by atoms with Gasteiger partial charge in [0.05, 0.1) is 18.7 Å². The van der Waals surface area contributed by atoms with Crippen molar-refractivity contribution in [3.05, 3.63) is 34.9 Å². The van der Waals surface area contributed by atoms with Crippen molar-refractivity contribution >= 4 is 29.0 Å². The molecule has 0 aliphatic carbocycles. The molecule has 0 saturated carbocycles. The molecule has 2 aromatic rings. The molecule has 0 radical (unpaired) electrons. The van der Waals surface area contributed by atoms with E-state index in [1.807, 2.05) is 0 Å². The first-order chi connectivity index (χ1) is 9.79. The van der Waals surface area contributed by atoms with Crippen molar-refractivity contribution in [1.82, 2.24) is 4.98 Å². The van der Waals surface area contributed by atoms with Crippen LogP contribution in [0.15, 0.2) is 29.6 Å². The molecule has 120 valence electrons. The van der Waals surface area contributed by atoms with Gasteiger partial charge in [-0.15, -0.1) is 17.3 Å². The summed E-state index contributed by atoms with van der Waals surface area (Å²) in [6.45, 7) is 2.95. The van der Waals surface area contributed by atoms with Gasteiger partial charge in [-0.3, -0.25) is 4.98 Å². The topological polar surface area (TPSA) is 67.0 Å². The molecule has 22 heavy (non-hydrogen) atoms. The maximum Gasteiger partial charge on any atom is 0.150 e. The van der Waals surface area contributed by atoms with Crippen LogP contribution in [-0.4, -0.2) is 23.2 Å². The van der Waals surface area contributed by atoms with Gasteiger partial charge < -0.3 is 22.4 Å². The summed E-state index contributed by atoms with van der Waals surface area (Å²) in [5.74, 6) is 0.186. The fourth-order valence-electron chi connectivity index (χ4n) is 2.97. The largest absolute Gasteiger partial charge is 1.00 e. The third-order valence-electron chi connectivity index (χ3n) is 4.02. The number of quaternary nitrogens is 1. The van der Waals surface area contributed by atoms with Gasteiger partial charge in [0.15, 0.2) is 5.75 Å². The molecule has 0 unspecified atom stereocenters. The summed E-state index contributed by atoms with van der Waals surface area (Å²) in [5, 5.41) is 14.1. The van der Waals surface area contributed by atoms with Crippen molar-refractivity contribution in [1.29, 1.82) is 0 Å². The van der Waals surface area contributed by atoms with Crippen LogP contribution in [0.5, 0.6) is 5.75 Å². The number of phenols is 1. The summed E-state index contributed by atoms with van der Waals surface area (Å²) in [6, 6.07) is 5.20. The highest BCUT2D eigenvalue weighted by molar-refractivity contribution is 5.94. The quantitative estimate of drug-likeness (QED) is 0.726. The number of rotatable bonds is 3. The van der Waals surface area contributed by atoms with Crippen LogP contribution in [0.4, 0.5) is 5.69 Å². The molecule has 5 nitrogen and oxygen atoms in total. The molecule has 1 aromatic carbocycles. The molecule has 0 bridgehead atoms. The van der Waals surface area contributed by atoms with Gasteiger partial charge in [0.2, 0.25) is 0 Å². The number of likely N-dealkylation sites (tertiary alicyclic amines) is 1. The number of piperidine rings is 1. The Labute approximate surface area is 141 Å². The predicted octanol–water partition coefficient (Wildman–Crippen LogP) is -0.667. The monoisotopic (exact) mass is 343 g/mol. The number of hydrogen-bond donors (Lipinski definition) is 2. The van der Waals surface area contributed by atoms with E-state index in [4.69, 9.17) is 0 Å². The van der Waals surface area contributed by atoms with Crippen molar-refractivity contribution in [2.75, 3.05) is 13.1 Å². The molecule has 3 rings (SSSR count). The van der Waals surface area contributed by atoms with E-state index < -0.39 is 0 Å². The van der Waals surface area contributed by atoms with Crippen LogP contribution in [0.1, 0.15) is 24.8 Å². The number of nitrogens with zero attached hydrogens (tertiary/aromatic N) is 2. The van der Waals surface area contributed by atoms with E-state index >= 15 is 0 Å². The first-order valence-corrected chi connectivity index (χ1v) is 7.06. The summed E-state index contributed by atoms with van der Waals surface area (Å²) in [4.78, 5) is 16.6. The first-order valence-electron chi connectivity index (χ1n) is 7.06. The Bertz CT molecular complexity index is 646. The van der Waals surface area contributed by atoms with Crippen LogP contribution < -0.4 is 17.3 Å². The number of pyridine rings is 1. The lowest BCUT2D eigenvalue weighted by Crippen LogP contribution is -3.11. The predicted molar refractivity (Wildman–Crippen MR) is 84.4 cm³/mol. The SMILES string of the molecule is Cl.O=Nc1cc(C[NH+]2CCCCC2)c(O)c2ncccc12.[Cl-]. The molecule has 1 aromatic heterocycles. The van der Waals surface area contributed by atoms with Crippen molar-refractivity contribution in [3.8, 4) is 5.75 Å². The maximum atomic E-state index is 11.0. The van der Waals surface area contributed by atoms with E-state index in [2.05, 4.69) is 10.2 Å². The van der Waals surface area contributed by atoms with Crippen LogP contribution in [0.25, 0.3) is 10.9 Å². The molecule has 1 fully saturated rings. The minimum atomic E-state index is 0. The second kappa shape index (κ2) is 8.27. The highest BCUT2D eigenvalue weighted by Crippen LogP contribution is 2.34. The number of phenolic OH excluding ortho intramolecular Hbond substituents is 1. The fourth-order valence-corrected chi connectivity index (χ4v) is 2.97. The number of benzene rings is 1. The van der Waals surface area contributed by atoms with Crippen molar-refractivity contribution in [2.45, 2.75) is 25.8 Å². The lowest BCUT2D eigenvalue weighted by molar-refractivity contribution is -0.918. The van der Waals surface area contributed by atoms with Gasteiger partial charge >= 0.3 is 0 Å². The van der Waals surface area contributed by atoms with Crippen LogP contribution in [-0.2, 0) is 6.54 Å². The summed E-state index contributed by atoms with van der Waals surface area (Å²) >= 11 is 0. The Morgan fingerprint density at radius 3 is 2.68 bits per heavy atom. The van der Waals surface area contributed by atoms with Crippen molar-refractivity contribution in [2.24, 2.45) is 5.18 Å². The minimum Gasteiger partial charge on any atom is -1.00 e. The Morgan fingerprint density at radius 2 is 2.00 bits per heavy atom. The third-order valence-corrected chi connectivity index (χ3v) is 4.02. The number of aromatic hydroxyl groups is 1. The van der Waals surface area contributed by atoms with Crippen LogP contribution in [0.2, 0.25) is 0 Å². The maximum absolute atomic E-state index is 11.0. The highest BCUT2D eigenvalue weighted by atomic mass is 35.5. The standard InChI is InChI=1S/C15H17N3O2.2ClH/c19-15-11(10-18-7-2-1-3-8-18)9-13(17-20)12-5-4-6-16-14(12)15;;/h4-6,9,19H,1-3,7-8,10H2;2*1H. The Kier molecular flexibility index (Phi) is 7.00. The number of fused-ring (bicyclic) bond motifs is 1. The smallest absolute Gasteiger partial charge is 0.150 e. The molecule has 1 aliphatic rings. The summed E-state index contributed by atoms with van der Waals surface area (Å²) in [7, 11) is 0. The van der Waals surface area contributed by atoms with Gasteiger partial charge in [0, 0.05) is 11.6 Å². The van der Waals surface area contributed by atoms with E-state index in [1.165, 1.54) is 24.2 Å². The Balaban J connectivity index is 0.00000121. The van der Waals surface area contributed by atoms with Gasteiger partial charge in [-0.25, -0.2) is 0 Å². The van der Waals surface area contributed by atoms with Gasteiger partial charge in [0.1, 0.15) is 17.7 Å². The van der Waals surface area contributed by atoms with Crippen LogP contribution in [0.3, 0.4) is 0 Å². The van der Waals surface area contributed by atoms with Gasteiger partial charge in [0.25, 0.3) is 0 Å². The average Bonchev–Trinajstić information content (AvgIpc) is 2.51. The second-order valence-corrected chi connectivity index (χ2v) is 5.38. The second-order valence-electron chi connectivity index (χ2n) is 5.38. The fraction of sp³-hybridized carbons (Fsp3) is 0.400. The number of nitrogens with one attached hydrogen (secondary N) is 1. The molecular weight excluding hydrogens is 325 g/mol. The molecule has 0 amide bonds. The molecule has 0 spiro atoms. The summed E-state index contributed by atoms with van der Waals surface area (Å²) in [5.41, 5.74) is 1.59. The lowest BCUT2D eigenvalue weighted by atomic mass is 10.1. The van der Waals surface area contributed by atoms with E-state index in [1.54, 1.807) is 24.4 Å². The first kappa shape index (κ1) is 18.6. The van der Waals surface area contributed by atoms with Gasteiger partial charge in [-0.2, -0.15) is 0 Å². The van der Waals surface area contributed by atoms with Crippen molar-refractivity contribution in [3.63, 3.8) is 0 Å². The highest BCUT2D eigenvalue weighted by Gasteiger charge is 2.19. The molecule has 1 saturated heterocycles. The summed E-state index contributed by atoms with van der Waals surface area (Å²) in [6.07, 6.45) is 5.35. The Morgan fingerprint density at radius 1 is 1.27 bits per heavy atom. The van der Waals surface area contributed by atoms with E-state index in [9.17, 15) is 10.0 Å². The normalized spacial score (nSPS) is 14.9. The zero-order valence-corrected chi connectivity index (χ0v) is 13.7. The number of hydrogen-bond acceptors (Lipinski definition) is 4. The van der Waals surface area contributed by atoms with Crippen LogP contribution in [0, 0.1) is 4.91 Å². The average molecular weight is 344 g/mol. The zero-order chi connectivity index (χ0) is 13.9. The number of halogens is 2. The van der Waals surface area contributed by atoms with E-state index in [0.29, 0.717) is 16.6 Å². The van der Waals surface area contributed by atoms with Crippen LogP contribution >= 0.6 is 12.4 Å².